The van der Waals surface area contributed by atoms with Gasteiger partial charge in [0.05, 0.1) is 11.4 Å². The van der Waals surface area contributed by atoms with E-state index in [0.29, 0.717) is 30.3 Å². The summed E-state index contributed by atoms with van der Waals surface area (Å²) in [5.41, 5.74) is 5.22. The quantitative estimate of drug-likeness (QED) is 0.383. The van der Waals surface area contributed by atoms with Gasteiger partial charge in [-0.2, -0.15) is 5.10 Å². The molecule has 2 aromatic heterocycles. The molecule has 0 unspecified atom stereocenters. The standard InChI is InChI=1S/C27H23N5O2/c1-19-7-5-6-10-24(19)27-30-29-26(34-27)21-13-11-20(12-14-21)25(33)28-17-15-22-16-18-32(31-22)23-8-3-2-4-9-23/h2-14,16,18H,15,17H2,1H3,(H,28,33). The van der Waals surface area contributed by atoms with Crippen LogP contribution < -0.4 is 5.32 Å². The topological polar surface area (TPSA) is 85.8 Å². The van der Waals surface area contributed by atoms with Crippen LogP contribution in [0.2, 0.25) is 0 Å². The van der Waals surface area contributed by atoms with E-state index in [0.717, 1.165) is 28.1 Å². The van der Waals surface area contributed by atoms with Crippen LogP contribution in [-0.4, -0.2) is 32.4 Å². The van der Waals surface area contributed by atoms with E-state index >= 15 is 0 Å². The van der Waals surface area contributed by atoms with Crippen molar-refractivity contribution in [2.24, 2.45) is 0 Å². The number of carbonyl (C=O) groups excluding carboxylic acids is 1. The maximum absolute atomic E-state index is 12.5. The molecule has 7 heteroatoms. The number of aryl methyl sites for hydroxylation is 1. The predicted molar refractivity (Wildman–Crippen MR) is 130 cm³/mol. The van der Waals surface area contributed by atoms with E-state index in [2.05, 4.69) is 20.6 Å². The van der Waals surface area contributed by atoms with Crippen LogP contribution in [0.15, 0.2) is 95.5 Å². The molecule has 1 N–H and O–H groups in total. The Labute approximate surface area is 197 Å². The second-order valence-electron chi connectivity index (χ2n) is 7.90. The van der Waals surface area contributed by atoms with E-state index in [1.807, 2.05) is 90.6 Å². The minimum Gasteiger partial charge on any atom is -0.416 e. The Hall–Kier alpha value is -4.52. The van der Waals surface area contributed by atoms with Crippen LogP contribution in [0, 0.1) is 6.92 Å². The van der Waals surface area contributed by atoms with Crippen molar-refractivity contribution in [3.63, 3.8) is 0 Å². The molecule has 168 valence electrons. The molecule has 3 aromatic carbocycles. The van der Waals surface area contributed by atoms with Crippen molar-refractivity contribution in [1.29, 1.82) is 0 Å². The fourth-order valence-corrected chi connectivity index (χ4v) is 3.65. The number of hydrogen-bond acceptors (Lipinski definition) is 5. The SMILES string of the molecule is Cc1ccccc1-c1nnc(-c2ccc(C(=O)NCCc3ccn(-c4ccccc4)n3)cc2)o1. The Bertz CT molecular complexity index is 1400. The van der Waals surface area contributed by atoms with Crippen molar-refractivity contribution in [2.45, 2.75) is 13.3 Å². The zero-order valence-corrected chi connectivity index (χ0v) is 18.7. The van der Waals surface area contributed by atoms with Gasteiger partial charge in [-0.25, -0.2) is 4.68 Å². The minimum absolute atomic E-state index is 0.139. The summed E-state index contributed by atoms with van der Waals surface area (Å²) in [6.45, 7) is 2.50. The average Bonchev–Trinajstić information content (AvgIpc) is 3.55. The summed E-state index contributed by atoms with van der Waals surface area (Å²) in [7, 11) is 0. The number of amides is 1. The van der Waals surface area contributed by atoms with E-state index in [9.17, 15) is 4.79 Å². The van der Waals surface area contributed by atoms with Gasteiger partial charge in [0.1, 0.15) is 0 Å². The highest BCUT2D eigenvalue weighted by atomic mass is 16.4. The highest BCUT2D eigenvalue weighted by Crippen LogP contribution is 2.26. The molecule has 0 saturated heterocycles. The highest BCUT2D eigenvalue weighted by molar-refractivity contribution is 5.94. The fourth-order valence-electron chi connectivity index (χ4n) is 3.65. The van der Waals surface area contributed by atoms with Gasteiger partial charge < -0.3 is 9.73 Å². The van der Waals surface area contributed by atoms with Gasteiger partial charge >= 0.3 is 0 Å². The van der Waals surface area contributed by atoms with Crippen LogP contribution >= 0.6 is 0 Å². The van der Waals surface area contributed by atoms with Gasteiger partial charge in [-0.05, 0) is 61.0 Å². The molecule has 0 aliphatic heterocycles. The van der Waals surface area contributed by atoms with Crippen molar-refractivity contribution in [1.82, 2.24) is 25.3 Å². The molecule has 0 atom stereocenters. The highest BCUT2D eigenvalue weighted by Gasteiger charge is 2.13. The maximum Gasteiger partial charge on any atom is 0.251 e. The van der Waals surface area contributed by atoms with E-state index in [1.165, 1.54) is 0 Å². The lowest BCUT2D eigenvalue weighted by Crippen LogP contribution is -2.25. The lowest BCUT2D eigenvalue weighted by molar-refractivity contribution is 0.0954. The van der Waals surface area contributed by atoms with Gasteiger partial charge in [-0.15, -0.1) is 10.2 Å². The molecule has 5 aromatic rings. The monoisotopic (exact) mass is 449 g/mol. The number of nitrogens with one attached hydrogen (secondary N) is 1. The second kappa shape index (κ2) is 9.54. The van der Waals surface area contributed by atoms with Crippen LogP contribution in [0.25, 0.3) is 28.6 Å². The average molecular weight is 450 g/mol. The summed E-state index contributed by atoms with van der Waals surface area (Å²) in [4.78, 5) is 12.5. The number of hydrogen-bond donors (Lipinski definition) is 1. The lowest BCUT2D eigenvalue weighted by atomic mass is 10.1. The van der Waals surface area contributed by atoms with Crippen LogP contribution in [0.5, 0.6) is 0 Å². The normalized spacial score (nSPS) is 10.9. The van der Waals surface area contributed by atoms with Gasteiger partial charge in [0.15, 0.2) is 0 Å². The molecular formula is C27H23N5O2. The molecule has 7 nitrogen and oxygen atoms in total. The third kappa shape index (κ3) is 4.63. The van der Waals surface area contributed by atoms with Crippen LogP contribution in [0.3, 0.4) is 0 Å². The van der Waals surface area contributed by atoms with Gasteiger partial charge in [-0.1, -0.05) is 36.4 Å². The van der Waals surface area contributed by atoms with E-state index in [4.69, 9.17) is 4.42 Å². The number of rotatable bonds is 7. The second-order valence-corrected chi connectivity index (χ2v) is 7.90. The first kappa shape index (κ1) is 21.3. The van der Waals surface area contributed by atoms with E-state index in [-0.39, 0.29) is 5.91 Å². The molecule has 0 aliphatic carbocycles. The number of aromatic nitrogens is 4. The molecule has 2 heterocycles. The zero-order valence-electron chi connectivity index (χ0n) is 18.7. The fraction of sp³-hybridized carbons (Fsp3) is 0.111. The van der Waals surface area contributed by atoms with Gasteiger partial charge in [0, 0.05) is 35.9 Å². The molecular weight excluding hydrogens is 426 g/mol. The van der Waals surface area contributed by atoms with E-state index in [1.54, 1.807) is 12.1 Å². The first-order valence-corrected chi connectivity index (χ1v) is 11.1. The summed E-state index contributed by atoms with van der Waals surface area (Å²) in [6.07, 6.45) is 2.57. The molecule has 1 amide bonds. The van der Waals surface area contributed by atoms with Crippen LogP contribution in [-0.2, 0) is 6.42 Å². The summed E-state index contributed by atoms with van der Waals surface area (Å²) >= 11 is 0. The minimum atomic E-state index is -0.139. The third-order valence-corrected chi connectivity index (χ3v) is 5.53. The van der Waals surface area contributed by atoms with Crippen molar-refractivity contribution in [3.05, 3.63) is 108 Å². The molecule has 0 fully saturated rings. The third-order valence-electron chi connectivity index (χ3n) is 5.53. The Kier molecular flexibility index (Phi) is 5.99. The number of para-hydroxylation sites is 1. The molecule has 0 bridgehead atoms. The summed E-state index contributed by atoms with van der Waals surface area (Å²) in [6, 6.07) is 26.9. The predicted octanol–water partition coefficient (Wildman–Crippen LogP) is 4.87. The Morgan fingerprint density at radius 1 is 0.882 bits per heavy atom. The van der Waals surface area contributed by atoms with Gasteiger partial charge in [0.2, 0.25) is 11.8 Å². The zero-order chi connectivity index (χ0) is 23.3. The van der Waals surface area contributed by atoms with Gasteiger partial charge in [-0.3, -0.25) is 4.79 Å². The smallest absolute Gasteiger partial charge is 0.251 e. The van der Waals surface area contributed by atoms with Crippen LogP contribution in [0.4, 0.5) is 0 Å². The maximum atomic E-state index is 12.5. The van der Waals surface area contributed by atoms with Crippen molar-refractivity contribution in [2.75, 3.05) is 6.54 Å². The number of carbonyl (C=O) groups is 1. The summed E-state index contributed by atoms with van der Waals surface area (Å²) in [5.74, 6) is 0.754. The molecule has 5 rings (SSSR count). The lowest BCUT2D eigenvalue weighted by Gasteiger charge is -2.05. The van der Waals surface area contributed by atoms with Crippen molar-refractivity contribution < 1.29 is 9.21 Å². The largest absolute Gasteiger partial charge is 0.416 e. The van der Waals surface area contributed by atoms with Gasteiger partial charge in [0.25, 0.3) is 5.91 Å². The molecule has 0 aliphatic rings. The first-order chi connectivity index (χ1) is 16.7. The summed E-state index contributed by atoms with van der Waals surface area (Å²) < 4.78 is 7.68. The number of benzene rings is 3. The molecule has 34 heavy (non-hydrogen) atoms. The molecule has 0 saturated carbocycles. The Balaban J connectivity index is 1.18. The molecule has 0 spiro atoms. The number of nitrogens with zero attached hydrogens (tertiary/aromatic N) is 4. The van der Waals surface area contributed by atoms with Crippen molar-refractivity contribution >= 4 is 5.91 Å². The molecule has 0 radical (unpaired) electrons. The van der Waals surface area contributed by atoms with E-state index < -0.39 is 0 Å². The van der Waals surface area contributed by atoms with Crippen molar-refractivity contribution in [3.8, 4) is 28.6 Å². The Morgan fingerprint density at radius 2 is 1.62 bits per heavy atom. The summed E-state index contributed by atoms with van der Waals surface area (Å²) in [5, 5.41) is 15.8. The van der Waals surface area contributed by atoms with Crippen LogP contribution in [0.1, 0.15) is 21.6 Å². The Morgan fingerprint density at radius 3 is 2.41 bits per heavy atom. The first-order valence-electron chi connectivity index (χ1n) is 11.1.